The van der Waals surface area contributed by atoms with Crippen LogP contribution in [0.3, 0.4) is 0 Å². The summed E-state index contributed by atoms with van der Waals surface area (Å²) in [7, 11) is 0. The summed E-state index contributed by atoms with van der Waals surface area (Å²) in [5, 5.41) is 8.36. The van der Waals surface area contributed by atoms with Gasteiger partial charge in [0.05, 0.1) is 19.3 Å². The zero-order valence-corrected chi connectivity index (χ0v) is 13.3. The Bertz CT molecular complexity index is 525. The molecule has 7 nitrogen and oxygen atoms in total. The number of aryl methyl sites for hydroxylation is 1. The normalized spacial score (nSPS) is 22.6. The number of carbonyl (C=O) groups is 1. The van der Waals surface area contributed by atoms with Crippen molar-refractivity contribution in [3.63, 3.8) is 0 Å². The topological polar surface area (TPSA) is 69.5 Å². The number of ether oxygens (including phenoxy) is 2. The van der Waals surface area contributed by atoms with Crippen LogP contribution in [0.25, 0.3) is 0 Å². The molecule has 1 aromatic rings. The van der Waals surface area contributed by atoms with Gasteiger partial charge in [-0.3, -0.25) is 4.79 Å². The third kappa shape index (κ3) is 3.15. The van der Waals surface area contributed by atoms with Crippen molar-refractivity contribution in [2.45, 2.75) is 58.4 Å². The molecule has 1 aromatic heterocycles. The molecule has 0 bridgehead atoms. The first-order valence-corrected chi connectivity index (χ1v) is 8.12. The Labute approximate surface area is 130 Å². The second-order valence-corrected chi connectivity index (χ2v) is 5.91. The zero-order chi connectivity index (χ0) is 15.5. The predicted molar refractivity (Wildman–Crippen MR) is 79.2 cm³/mol. The van der Waals surface area contributed by atoms with Crippen molar-refractivity contribution in [2.24, 2.45) is 0 Å². The van der Waals surface area contributed by atoms with E-state index >= 15 is 0 Å². The first kappa shape index (κ1) is 15.4. The van der Waals surface area contributed by atoms with Gasteiger partial charge in [-0.2, -0.15) is 0 Å². The van der Waals surface area contributed by atoms with Crippen molar-refractivity contribution in [1.29, 1.82) is 0 Å². The molecule has 0 aliphatic carbocycles. The van der Waals surface area contributed by atoms with Gasteiger partial charge in [-0.25, -0.2) is 0 Å². The fourth-order valence-corrected chi connectivity index (χ4v) is 3.02. The van der Waals surface area contributed by atoms with E-state index in [1.807, 2.05) is 11.8 Å². The quantitative estimate of drug-likeness (QED) is 0.803. The third-order valence-corrected chi connectivity index (χ3v) is 4.36. The summed E-state index contributed by atoms with van der Waals surface area (Å²) in [6, 6.07) is 0. The maximum absolute atomic E-state index is 12.5. The molecule has 0 radical (unpaired) electrons. The number of hydrogen-bond acceptors (Lipinski definition) is 5. The van der Waals surface area contributed by atoms with E-state index in [0.717, 1.165) is 44.1 Å². The van der Waals surface area contributed by atoms with E-state index in [-0.39, 0.29) is 12.0 Å². The van der Waals surface area contributed by atoms with Gasteiger partial charge in [-0.1, -0.05) is 6.92 Å². The van der Waals surface area contributed by atoms with E-state index in [2.05, 4.69) is 21.7 Å². The number of aromatic nitrogens is 3. The largest absolute Gasteiger partial charge is 0.376 e. The number of hydrogen-bond donors (Lipinski definition) is 0. The Hall–Kier alpha value is -1.47. The van der Waals surface area contributed by atoms with Crippen LogP contribution in [0.4, 0.5) is 0 Å². The molecule has 0 aromatic carbocycles. The number of rotatable bonds is 5. The van der Waals surface area contributed by atoms with Crippen LogP contribution >= 0.6 is 0 Å². The van der Waals surface area contributed by atoms with Crippen molar-refractivity contribution in [3.8, 4) is 0 Å². The number of carbonyl (C=O) groups excluding carboxylic acids is 1. The Kier molecular flexibility index (Phi) is 4.73. The van der Waals surface area contributed by atoms with Crippen molar-refractivity contribution >= 4 is 5.91 Å². The molecule has 1 fully saturated rings. The lowest BCUT2D eigenvalue weighted by Crippen LogP contribution is -2.44. The maximum atomic E-state index is 12.5. The van der Waals surface area contributed by atoms with Gasteiger partial charge in [0.25, 0.3) is 5.91 Å². The molecule has 122 valence electrons. The summed E-state index contributed by atoms with van der Waals surface area (Å²) in [6.45, 7) is 7.14. The van der Waals surface area contributed by atoms with Crippen LogP contribution in [-0.4, -0.2) is 57.5 Å². The molecule has 3 heterocycles. The Morgan fingerprint density at radius 1 is 1.45 bits per heavy atom. The molecule has 2 aliphatic rings. The molecule has 22 heavy (non-hydrogen) atoms. The molecule has 1 amide bonds. The van der Waals surface area contributed by atoms with E-state index in [1.165, 1.54) is 0 Å². The van der Waals surface area contributed by atoms with E-state index < -0.39 is 6.10 Å². The van der Waals surface area contributed by atoms with Gasteiger partial charge in [-0.05, 0) is 19.8 Å². The second-order valence-electron chi connectivity index (χ2n) is 5.91. The third-order valence-electron chi connectivity index (χ3n) is 4.36. The van der Waals surface area contributed by atoms with E-state index in [9.17, 15) is 4.79 Å². The summed E-state index contributed by atoms with van der Waals surface area (Å²) in [6.07, 6.45) is 2.67. The van der Waals surface area contributed by atoms with Crippen molar-refractivity contribution in [3.05, 3.63) is 11.6 Å². The van der Waals surface area contributed by atoms with Gasteiger partial charge in [-0.15, -0.1) is 10.2 Å². The van der Waals surface area contributed by atoms with Crippen LogP contribution in [0, 0.1) is 0 Å². The Morgan fingerprint density at radius 3 is 3.05 bits per heavy atom. The van der Waals surface area contributed by atoms with Gasteiger partial charge in [0.1, 0.15) is 11.9 Å². The lowest BCUT2D eigenvalue weighted by Gasteiger charge is -2.30. The van der Waals surface area contributed by atoms with Crippen molar-refractivity contribution in [1.82, 2.24) is 19.7 Å². The standard InChI is InChI=1S/C15H24N4O3/c1-3-13-16-17-14-9-18(6-7-19(13)14)15(20)11(2)22-10-12-5-4-8-21-12/h11-12H,3-10H2,1-2H3/t11-,12-/m1/s1. The highest BCUT2D eigenvalue weighted by Crippen LogP contribution is 2.16. The molecule has 2 aliphatic heterocycles. The molecular weight excluding hydrogens is 284 g/mol. The van der Waals surface area contributed by atoms with Crippen LogP contribution in [-0.2, 0) is 33.8 Å². The highest BCUT2D eigenvalue weighted by atomic mass is 16.5. The summed E-state index contributed by atoms with van der Waals surface area (Å²) in [5.41, 5.74) is 0. The van der Waals surface area contributed by atoms with Crippen LogP contribution in [0.15, 0.2) is 0 Å². The van der Waals surface area contributed by atoms with Crippen molar-refractivity contribution in [2.75, 3.05) is 19.8 Å². The summed E-state index contributed by atoms with van der Waals surface area (Å²) >= 11 is 0. The first-order valence-electron chi connectivity index (χ1n) is 8.12. The average Bonchev–Trinajstić information content (AvgIpc) is 3.20. The van der Waals surface area contributed by atoms with E-state index in [4.69, 9.17) is 9.47 Å². The van der Waals surface area contributed by atoms with Crippen LogP contribution in [0.2, 0.25) is 0 Å². The minimum Gasteiger partial charge on any atom is -0.376 e. The lowest BCUT2D eigenvalue weighted by atomic mass is 10.2. The maximum Gasteiger partial charge on any atom is 0.251 e. The molecule has 3 rings (SSSR count). The highest BCUT2D eigenvalue weighted by Gasteiger charge is 2.28. The van der Waals surface area contributed by atoms with Crippen molar-refractivity contribution < 1.29 is 14.3 Å². The molecule has 2 atom stereocenters. The molecule has 0 N–H and O–H groups in total. The second kappa shape index (κ2) is 6.75. The number of fused-ring (bicyclic) bond motifs is 1. The van der Waals surface area contributed by atoms with Crippen LogP contribution < -0.4 is 0 Å². The smallest absolute Gasteiger partial charge is 0.251 e. The van der Waals surface area contributed by atoms with Crippen LogP contribution in [0.1, 0.15) is 38.3 Å². The average molecular weight is 308 g/mol. The van der Waals surface area contributed by atoms with Gasteiger partial charge in [0, 0.05) is 26.1 Å². The van der Waals surface area contributed by atoms with Gasteiger partial charge < -0.3 is 18.9 Å². The number of amides is 1. The van der Waals surface area contributed by atoms with Gasteiger partial charge >= 0.3 is 0 Å². The van der Waals surface area contributed by atoms with E-state index in [0.29, 0.717) is 19.7 Å². The lowest BCUT2D eigenvalue weighted by molar-refractivity contribution is -0.146. The Balaban J connectivity index is 1.53. The molecule has 0 spiro atoms. The molecule has 1 saturated heterocycles. The molecule has 7 heteroatoms. The van der Waals surface area contributed by atoms with Crippen LogP contribution in [0.5, 0.6) is 0 Å². The number of nitrogens with zero attached hydrogens (tertiary/aromatic N) is 4. The Morgan fingerprint density at radius 2 is 2.32 bits per heavy atom. The van der Waals surface area contributed by atoms with Gasteiger partial charge in [0.2, 0.25) is 0 Å². The SMILES string of the molecule is CCc1nnc2n1CCN(C(=O)[C@@H](C)OC[C@H]1CCCO1)C2. The summed E-state index contributed by atoms with van der Waals surface area (Å²) in [5.74, 6) is 1.87. The first-order chi connectivity index (χ1) is 10.7. The zero-order valence-electron chi connectivity index (χ0n) is 13.3. The van der Waals surface area contributed by atoms with Gasteiger partial charge in [0.15, 0.2) is 5.82 Å². The summed E-state index contributed by atoms with van der Waals surface area (Å²) < 4.78 is 13.3. The fourth-order valence-electron chi connectivity index (χ4n) is 3.02. The minimum atomic E-state index is -0.440. The molecule has 0 unspecified atom stereocenters. The molecule has 0 saturated carbocycles. The molecular formula is C15H24N4O3. The minimum absolute atomic E-state index is 0.0188. The van der Waals surface area contributed by atoms with E-state index in [1.54, 1.807) is 0 Å². The monoisotopic (exact) mass is 308 g/mol. The predicted octanol–water partition coefficient (Wildman–Crippen LogP) is 0.767. The highest BCUT2D eigenvalue weighted by molar-refractivity contribution is 5.80. The fraction of sp³-hybridized carbons (Fsp3) is 0.800. The summed E-state index contributed by atoms with van der Waals surface area (Å²) in [4.78, 5) is 14.3.